The van der Waals surface area contributed by atoms with Crippen LogP contribution in [0.5, 0.6) is 0 Å². The van der Waals surface area contributed by atoms with Crippen LogP contribution in [0.25, 0.3) is 0 Å². The van der Waals surface area contributed by atoms with Crippen molar-refractivity contribution in [3.8, 4) is 0 Å². The van der Waals surface area contributed by atoms with E-state index < -0.39 is 11.8 Å². The summed E-state index contributed by atoms with van der Waals surface area (Å²) in [5.74, 6) is -0.309. The molecule has 2 N–H and O–H groups in total. The number of benzene rings is 1. The van der Waals surface area contributed by atoms with E-state index in [1.54, 1.807) is 24.3 Å². The van der Waals surface area contributed by atoms with Crippen molar-refractivity contribution in [1.29, 1.82) is 0 Å². The zero-order valence-electron chi connectivity index (χ0n) is 12.0. The number of amides is 2. The Morgan fingerprint density at radius 2 is 1.96 bits per heavy atom. The van der Waals surface area contributed by atoms with Crippen LogP contribution in [0.3, 0.4) is 0 Å². The van der Waals surface area contributed by atoms with E-state index in [-0.39, 0.29) is 10.7 Å². The molecule has 23 heavy (non-hydrogen) atoms. The van der Waals surface area contributed by atoms with Crippen LogP contribution in [0.4, 0.5) is 0 Å². The summed E-state index contributed by atoms with van der Waals surface area (Å²) in [7, 11) is 0. The van der Waals surface area contributed by atoms with E-state index in [1.165, 1.54) is 18.0 Å². The minimum Gasteiger partial charge on any atom is -0.267 e. The van der Waals surface area contributed by atoms with Gasteiger partial charge in [0.15, 0.2) is 10.9 Å². The van der Waals surface area contributed by atoms with E-state index in [4.69, 9.17) is 11.6 Å². The van der Waals surface area contributed by atoms with Crippen molar-refractivity contribution in [2.75, 3.05) is 5.75 Å². The number of nitrogens with zero attached hydrogens (tertiary/aromatic N) is 2. The maximum Gasteiger partial charge on any atom is 0.289 e. The average molecular weight is 416 g/mol. The van der Waals surface area contributed by atoms with Crippen LogP contribution in [0.15, 0.2) is 40.1 Å². The maximum absolute atomic E-state index is 12.1. The highest BCUT2D eigenvalue weighted by molar-refractivity contribution is 9.10. The fourth-order valence-corrected chi connectivity index (χ4v) is 2.78. The lowest BCUT2D eigenvalue weighted by Gasteiger charge is -2.09. The molecule has 0 atom stereocenters. The molecule has 2 rings (SSSR count). The molecule has 0 aliphatic rings. The minimum absolute atomic E-state index is 0.00467. The zero-order valence-corrected chi connectivity index (χ0v) is 15.1. The van der Waals surface area contributed by atoms with Crippen LogP contribution in [0.2, 0.25) is 5.02 Å². The Morgan fingerprint density at radius 3 is 2.65 bits per heavy atom. The highest BCUT2D eigenvalue weighted by Crippen LogP contribution is 2.18. The minimum atomic E-state index is -0.615. The lowest BCUT2D eigenvalue weighted by atomic mass is 10.2. The van der Waals surface area contributed by atoms with Gasteiger partial charge in [0.25, 0.3) is 11.8 Å². The molecule has 0 radical (unpaired) electrons. The molecule has 0 unspecified atom stereocenters. The summed E-state index contributed by atoms with van der Waals surface area (Å²) >= 11 is 10.6. The highest BCUT2D eigenvalue weighted by atomic mass is 79.9. The average Bonchev–Trinajstić information content (AvgIpc) is 2.54. The SMILES string of the molecule is CCSc1ncc(Cl)c(C(=O)NNC(=O)c2ccccc2Br)n1. The van der Waals surface area contributed by atoms with Crippen molar-refractivity contribution in [2.24, 2.45) is 0 Å². The molecular formula is C14H12BrClN4O2S. The van der Waals surface area contributed by atoms with E-state index in [0.717, 1.165) is 5.75 Å². The van der Waals surface area contributed by atoms with Crippen LogP contribution in [0, 0.1) is 0 Å². The molecule has 2 amide bonds. The van der Waals surface area contributed by atoms with E-state index in [1.807, 2.05) is 6.92 Å². The zero-order chi connectivity index (χ0) is 16.8. The number of hydrazine groups is 1. The van der Waals surface area contributed by atoms with Crippen molar-refractivity contribution in [2.45, 2.75) is 12.1 Å². The Morgan fingerprint density at radius 1 is 1.26 bits per heavy atom. The van der Waals surface area contributed by atoms with E-state index >= 15 is 0 Å². The Kier molecular flexibility index (Phi) is 6.37. The molecule has 0 fully saturated rings. The van der Waals surface area contributed by atoms with Crippen LogP contribution in [-0.2, 0) is 0 Å². The fraction of sp³-hybridized carbons (Fsp3) is 0.143. The Bertz CT molecular complexity index is 744. The van der Waals surface area contributed by atoms with E-state index in [0.29, 0.717) is 15.2 Å². The molecule has 9 heteroatoms. The molecule has 1 heterocycles. The topological polar surface area (TPSA) is 84.0 Å². The van der Waals surface area contributed by atoms with Crippen LogP contribution < -0.4 is 10.9 Å². The second-order valence-corrected chi connectivity index (χ2v) is 6.66. The number of aromatic nitrogens is 2. The Labute approximate surface area is 150 Å². The van der Waals surface area contributed by atoms with Crippen molar-refractivity contribution in [3.05, 3.63) is 51.2 Å². The third-order valence-electron chi connectivity index (χ3n) is 2.62. The summed E-state index contributed by atoms with van der Waals surface area (Å²) in [5, 5.41) is 0.553. The molecule has 0 aliphatic heterocycles. The highest BCUT2D eigenvalue weighted by Gasteiger charge is 2.16. The van der Waals surface area contributed by atoms with Crippen molar-refractivity contribution >= 4 is 51.1 Å². The lowest BCUT2D eigenvalue weighted by molar-refractivity contribution is 0.0843. The summed E-state index contributed by atoms with van der Waals surface area (Å²) in [6.45, 7) is 1.94. The first-order valence-electron chi connectivity index (χ1n) is 6.53. The van der Waals surface area contributed by atoms with Gasteiger partial charge in [0.1, 0.15) is 0 Å². The molecule has 120 valence electrons. The second kappa shape index (κ2) is 8.28. The first kappa shape index (κ1) is 17.7. The summed E-state index contributed by atoms with van der Waals surface area (Å²) in [5.41, 5.74) is 5.01. The van der Waals surface area contributed by atoms with Gasteiger partial charge in [-0.3, -0.25) is 20.4 Å². The molecule has 2 aromatic rings. The lowest BCUT2D eigenvalue weighted by Crippen LogP contribution is -2.42. The monoisotopic (exact) mass is 414 g/mol. The third kappa shape index (κ3) is 4.66. The number of carbonyl (C=O) groups excluding carboxylic acids is 2. The third-order valence-corrected chi connectivity index (χ3v) is 4.33. The molecule has 0 aliphatic carbocycles. The quantitative estimate of drug-likeness (QED) is 0.455. The second-order valence-electron chi connectivity index (χ2n) is 4.17. The first-order chi connectivity index (χ1) is 11.0. The molecular weight excluding hydrogens is 404 g/mol. The van der Waals surface area contributed by atoms with Crippen LogP contribution >= 0.6 is 39.3 Å². The number of hydrogen-bond acceptors (Lipinski definition) is 5. The Balaban J connectivity index is 2.06. The Hall–Kier alpha value is -1.64. The van der Waals surface area contributed by atoms with Gasteiger partial charge in [0.05, 0.1) is 16.8 Å². The van der Waals surface area contributed by atoms with Gasteiger partial charge in [-0.2, -0.15) is 0 Å². The molecule has 1 aromatic carbocycles. The number of halogens is 2. The molecule has 0 bridgehead atoms. The van der Waals surface area contributed by atoms with Gasteiger partial charge in [-0.05, 0) is 33.8 Å². The van der Waals surface area contributed by atoms with Gasteiger partial charge in [0.2, 0.25) is 0 Å². The largest absolute Gasteiger partial charge is 0.289 e. The predicted octanol–water partition coefficient (Wildman–Crippen LogP) is 3.08. The fourth-order valence-electron chi connectivity index (χ4n) is 1.59. The van der Waals surface area contributed by atoms with Crippen molar-refractivity contribution in [1.82, 2.24) is 20.8 Å². The number of thioether (sulfide) groups is 1. The molecule has 0 spiro atoms. The number of rotatable bonds is 4. The van der Waals surface area contributed by atoms with Crippen LogP contribution in [0.1, 0.15) is 27.8 Å². The number of carbonyl (C=O) groups is 2. The van der Waals surface area contributed by atoms with Gasteiger partial charge in [-0.25, -0.2) is 9.97 Å². The van der Waals surface area contributed by atoms with Gasteiger partial charge in [0, 0.05) is 4.47 Å². The standard InChI is InChI=1S/C14H12BrClN4O2S/c1-2-23-14-17-7-10(16)11(18-14)13(22)20-19-12(21)8-5-3-4-6-9(8)15/h3-7H,2H2,1H3,(H,19,21)(H,20,22). The molecule has 0 saturated heterocycles. The summed E-state index contributed by atoms with van der Waals surface area (Å²) in [6, 6.07) is 6.86. The van der Waals surface area contributed by atoms with E-state index in [9.17, 15) is 9.59 Å². The van der Waals surface area contributed by atoms with Gasteiger partial charge < -0.3 is 0 Å². The van der Waals surface area contributed by atoms with Gasteiger partial charge in [-0.1, -0.05) is 42.4 Å². The summed E-state index contributed by atoms with van der Waals surface area (Å²) in [4.78, 5) is 32.2. The maximum atomic E-state index is 12.1. The number of nitrogens with one attached hydrogen (secondary N) is 2. The summed E-state index contributed by atoms with van der Waals surface area (Å²) < 4.78 is 0.619. The first-order valence-corrected chi connectivity index (χ1v) is 8.69. The molecule has 6 nitrogen and oxygen atoms in total. The smallest absolute Gasteiger partial charge is 0.267 e. The van der Waals surface area contributed by atoms with Crippen molar-refractivity contribution < 1.29 is 9.59 Å². The molecule has 0 saturated carbocycles. The predicted molar refractivity (Wildman–Crippen MR) is 92.5 cm³/mol. The normalized spacial score (nSPS) is 10.2. The van der Waals surface area contributed by atoms with Crippen molar-refractivity contribution in [3.63, 3.8) is 0 Å². The summed E-state index contributed by atoms with van der Waals surface area (Å²) in [6.07, 6.45) is 1.36. The number of hydrogen-bond donors (Lipinski definition) is 2. The van der Waals surface area contributed by atoms with Gasteiger partial charge in [-0.15, -0.1) is 0 Å². The van der Waals surface area contributed by atoms with Crippen LogP contribution in [-0.4, -0.2) is 27.5 Å². The molecule has 1 aromatic heterocycles. The van der Waals surface area contributed by atoms with Gasteiger partial charge >= 0.3 is 0 Å². The van der Waals surface area contributed by atoms with E-state index in [2.05, 4.69) is 36.7 Å².